The molecule has 1 amide bonds. The molecule has 1 atom stereocenters. The van der Waals surface area contributed by atoms with Crippen LogP contribution in [0.5, 0.6) is 5.75 Å². The van der Waals surface area contributed by atoms with Crippen LogP contribution in [0.15, 0.2) is 18.2 Å². The third-order valence-corrected chi connectivity index (χ3v) is 4.19. The van der Waals surface area contributed by atoms with Gasteiger partial charge in [-0.1, -0.05) is 13.0 Å². The lowest BCUT2D eigenvalue weighted by Crippen LogP contribution is -2.46. The molecule has 4 heteroatoms. The first kappa shape index (κ1) is 16.8. The lowest BCUT2D eigenvalue weighted by atomic mass is 9.94. The van der Waals surface area contributed by atoms with E-state index in [1.165, 1.54) is 11.1 Å². The molecule has 0 spiro atoms. The van der Waals surface area contributed by atoms with Crippen molar-refractivity contribution < 1.29 is 9.53 Å². The summed E-state index contributed by atoms with van der Waals surface area (Å²) in [6, 6.07) is 6.24. The van der Waals surface area contributed by atoms with E-state index in [0.29, 0.717) is 18.9 Å². The molecule has 1 aromatic carbocycles. The largest absolute Gasteiger partial charge is 0.494 e. The highest BCUT2D eigenvalue weighted by Crippen LogP contribution is 2.21. The zero-order valence-corrected chi connectivity index (χ0v) is 14.0. The van der Waals surface area contributed by atoms with Gasteiger partial charge in [-0.05, 0) is 49.4 Å². The normalized spacial score (nSPS) is 16.4. The number of carbonyl (C=O) groups excluding carboxylic acids is 1. The predicted octanol–water partition coefficient (Wildman–Crippen LogP) is 2.39. The van der Waals surface area contributed by atoms with Crippen molar-refractivity contribution in [3.05, 3.63) is 29.3 Å². The summed E-state index contributed by atoms with van der Waals surface area (Å²) in [5.74, 6) is 1.57. The smallest absolute Gasteiger partial charge is 0.222 e. The summed E-state index contributed by atoms with van der Waals surface area (Å²) in [6.07, 6.45) is 1.57. The van der Waals surface area contributed by atoms with Crippen LogP contribution in [0.2, 0.25) is 0 Å². The Morgan fingerprint density at radius 3 is 2.73 bits per heavy atom. The number of rotatable bonds is 6. The van der Waals surface area contributed by atoms with Gasteiger partial charge in [0.05, 0.1) is 6.61 Å². The van der Waals surface area contributed by atoms with Crippen molar-refractivity contribution in [2.24, 2.45) is 5.92 Å². The molecule has 1 fully saturated rings. The highest BCUT2D eigenvalue weighted by Gasteiger charge is 2.19. The molecule has 0 radical (unpaired) electrons. The number of carbonyl (C=O) groups is 1. The topological polar surface area (TPSA) is 41.6 Å². The molecule has 4 nitrogen and oxygen atoms in total. The summed E-state index contributed by atoms with van der Waals surface area (Å²) in [5.41, 5.74) is 2.55. The third kappa shape index (κ3) is 4.73. The number of nitrogens with zero attached hydrogens (tertiary/aromatic N) is 1. The van der Waals surface area contributed by atoms with Gasteiger partial charge in [0.1, 0.15) is 5.75 Å². The van der Waals surface area contributed by atoms with Crippen LogP contribution in [0.25, 0.3) is 0 Å². The first-order valence-electron chi connectivity index (χ1n) is 8.31. The van der Waals surface area contributed by atoms with E-state index in [2.05, 4.69) is 31.3 Å². The Bertz CT molecular complexity index is 496. The second kappa shape index (κ2) is 8.18. The number of hydrogen-bond donors (Lipinski definition) is 1. The average Bonchev–Trinajstić information content (AvgIpc) is 2.51. The molecule has 1 N–H and O–H groups in total. The number of ether oxygens (including phenoxy) is 1. The van der Waals surface area contributed by atoms with E-state index < -0.39 is 0 Å². The fraction of sp³-hybridized carbons (Fsp3) is 0.611. The minimum atomic E-state index is 0.289. The fourth-order valence-corrected chi connectivity index (χ4v) is 2.94. The summed E-state index contributed by atoms with van der Waals surface area (Å²) in [4.78, 5) is 14.3. The van der Waals surface area contributed by atoms with Gasteiger partial charge in [-0.2, -0.15) is 0 Å². The standard InChI is InChI=1S/C18H28N2O2/c1-4-22-17-6-5-16(15(3)13-17)11-14(2)12-18(21)20-9-7-19-8-10-20/h5-6,13-14,19H,4,7-12H2,1-3H3. The number of piperazine rings is 1. The second-order valence-electron chi connectivity index (χ2n) is 6.17. The molecule has 1 saturated heterocycles. The van der Waals surface area contributed by atoms with E-state index in [4.69, 9.17) is 4.74 Å². The molecule has 0 aromatic heterocycles. The molecule has 22 heavy (non-hydrogen) atoms. The predicted molar refractivity (Wildman–Crippen MR) is 89.3 cm³/mol. The van der Waals surface area contributed by atoms with Crippen LogP contribution < -0.4 is 10.1 Å². The summed E-state index contributed by atoms with van der Waals surface area (Å²) < 4.78 is 5.52. The molecule has 1 aromatic rings. The minimum Gasteiger partial charge on any atom is -0.494 e. The van der Waals surface area contributed by atoms with Gasteiger partial charge in [-0.25, -0.2) is 0 Å². The summed E-state index contributed by atoms with van der Waals surface area (Å²) in [5, 5.41) is 3.28. The molecule has 0 saturated carbocycles. The lowest BCUT2D eigenvalue weighted by Gasteiger charge is -2.28. The van der Waals surface area contributed by atoms with Gasteiger partial charge in [0, 0.05) is 32.6 Å². The van der Waals surface area contributed by atoms with Crippen LogP contribution >= 0.6 is 0 Å². The molecule has 0 aliphatic carbocycles. The highest BCUT2D eigenvalue weighted by molar-refractivity contribution is 5.76. The molecule has 1 unspecified atom stereocenters. The van der Waals surface area contributed by atoms with Gasteiger partial charge < -0.3 is 15.0 Å². The molecule has 2 rings (SSSR count). The Labute approximate surface area is 133 Å². The van der Waals surface area contributed by atoms with Gasteiger partial charge in [0.25, 0.3) is 0 Å². The van der Waals surface area contributed by atoms with Crippen LogP contribution in [0.4, 0.5) is 0 Å². The molecule has 0 bridgehead atoms. The van der Waals surface area contributed by atoms with E-state index in [0.717, 1.165) is 38.3 Å². The Balaban J connectivity index is 1.88. The summed E-state index contributed by atoms with van der Waals surface area (Å²) >= 11 is 0. The van der Waals surface area contributed by atoms with E-state index >= 15 is 0 Å². The van der Waals surface area contributed by atoms with Crippen LogP contribution in [-0.2, 0) is 11.2 Å². The van der Waals surface area contributed by atoms with E-state index in [9.17, 15) is 4.79 Å². The Hall–Kier alpha value is -1.55. The van der Waals surface area contributed by atoms with Crippen molar-refractivity contribution in [2.75, 3.05) is 32.8 Å². The molecular weight excluding hydrogens is 276 g/mol. The van der Waals surface area contributed by atoms with Gasteiger partial charge >= 0.3 is 0 Å². The lowest BCUT2D eigenvalue weighted by molar-refractivity contribution is -0.132. The zero-order valence-electron chi connectivity index (χ0n) is 14.0. The zero-order chi connectivity index (χ0) is 15.9. The number of amides is 1. The van der Waals surface area contributed by atoms with Gasteiger partial charge in [0.2, 0.25) is 5.91 Å². The Kier molecular flexibility index (Phi) is 6.25. The number of nitrogens with one attached hydrogen (secondary N) is 1. The van der Waals surface area contributed by atoms with Crippen molar-refractivity contribution in [1.82, 2.24) is 10.2 Å². The highest BCUT2D eigenvalue weighted by atomic mass is 16.5. The maximum absolute atomic E-state index is 12.3. The van der Waals surface area contributed by atoms with Crippen LogP contribution in [0, 0.1) is 12.8 Å². The van der Waals surface area contributed by atoms with Gasteiger partial charge in [-0.15, -0.1) is 0 Å². The third-order valence-electron chi connectivity index (χ3n) is 4.19. The summed E-state index contributed by atoms with van der Waals surface area (Å²) in [7, 11) is 0. The first-order chi connectivity index (χ1) is 10.6. The van der Waals surface area contributed by atoms with Crippen LogP contribution in [0.3, 0.4) is 0 Å². The van der Waals surface area contributed by atoms with Crippen molar-refractivity contribution in [3.63, 3.8) is 0 Å². The quantitative estimate of drug-likeness (QED) is 0.877. The summed E-state index contributed by atoms with van der Waals surface area (Å²) in [6.45, 7) is 10.5. The van der Waals surface area contributed by atoms with E-state index in [1.54, 1.807) is 0 Å². The Morgan fingerprint density at radius 2 is 2.09 bits per heavy atom. The van der Waals surface area contributed by atoms with E-state index in [1.807, 2.05) is 17.9 Å². The molecular formula is C18H28N2O2. The monoisotopic (exact) mass is 304 g/mol. The number of aryl methyl sites for hydroxylation is 1. The van der Waals surface area contributed by atoms with Crippen LogP contribution in [-0.4, -0.2) is 43.6 Å². The Morgan fingerprint density at radius 1 is 1.36 bits per heavy atom. The van der Waals surface area contributed by atoms with E-state index in [-0.39, 0.29) is 5.91 Å². The molecule has 1 aliphatic heterocycles. The van der Waals surface area contributed by atoms with Gasteiger partial charge in [-0.3, -0.25) is 4.79 Å². The van der Waals surface area contributed by atoms with Crippen molar-refractivity contribution in [3.8, 4) is 5.75 Å². The van der Waals surface area contributed by atoms with Crippen molar-refractivity contribution >= 4 is 5.91 Å². The molecule has 122 valence electrons. The van der Waals surface area contributed by atoms with Gasteiger partial charge in [0.15, 0.2) is 0 Å². The maximum atomic E-state index is 12.3. The minimum absolute atomic E-state index is 0.289. The molecule has 1 heterocycles. The van der Waals surface area contributed by atoms with Crippen LogP contribution in [0.1, 0.15) is 31.4 Å². The maximum Gasteiger partial charge on any atom is 0.222 e. The first-order valence-corrected chi connectivity index (χ1v) is 8.31. The fourth-order valence-electron chi connectivity index (χ4n) is 2.94. The average molecular weight is 304 g/mol. The van der Waals surface area contributed by atoms with Crippen molar-refractivity contribution in [1.29, 1.82) is 0 Å². The number of benzene rings is 1. The van der Waals surface area contributed by atoms with Crippen molar-refractivity contribution in [2.45, 2.75) is 33.6 Å². The molecule has 1 aliphatic rings. The second-order valence-corrected chi connectivity index (χ2v) is 6.17. The SMILES string of the molecule is CCOc1ccc(CC(C)CC(=O)N2CCNCC2)c(C)c1. The number of hydrogen-bond acceptors (Lipinski definition) is 3.